The Bertz CT molecular complexity index is 907. The first kappa shape index (κ1) is 17.8. The largest absolute Gasteiger partial charge is 0.493 e. The van der Waals surface area contributed by atoms with Crippen molar-refractivity contribution in [3.63, 3.8) is 0 Å². The smallest absolute Gasteiger partial charge is 0.250 e. The summed E-state index contributed by atoms with van der Waals surface area (Å²) in [6.45, 7) is 0. The molecule has 0 spiro atoms. The van der Waals surface area contributed by atoms with Crippen LogP contribution in [-0.2, 0) is 4.79 Å². The van der Waals surface area contributed by atoms with Gasteiger partial charge in [0.15, 0.2) is 16.6 Å². The van der Waals surface area contributed by atoms with Crippen LogP contribution >= 0.6 is 11.3 Å². The molecule has 0 saturated carbocycles. The molecule has 0 atom stereocenters. The number of para-hydroxylation sites is 1. The predicted molar refractivity (Wildman–Crippen MR) is 103 cm³/mol. The topological polar surface area (TPSA) is 69.7 Å². The molecule has 6 nitrogen and oxygen atoms in total. The van der Waals surface area contributed by atoms with Gasteiger partial charge in [-0.2, -0.15) is 0 Å². The molecule has 1 heterocycles. The number of rotatable bonds is 6. The van der Waals surface area contributed by atoms with Crippen molar-refractivity contribution in [2.24, 2.45) is 0 Å². The number of anilines is 1. The molecule has 1 N–H and O–H groups in total. The van der Waals surface area contributed by atoms with Crippen molar-refractivity contribution in [3.05, 3.63) is 48.0 Å². The van der Waals surface area contributed by atoms with E-state index in [1.165, 1.54) is 17.4 Å². The molecule has 7 heteroatoms. The molecule has 2 aromatic carbocycles. The molecule has 0 bridgehead atoms. The number of carbonyl (C=O) groups excluding carboxylic acids is 1. The molecule has 134 valence electrons. The van der Waals surface area contributed by atoms with E-state index in [1.54, 1.807) is 39.5 Å². The number of carbonyl (C=O) groups is 1. The van der Waals surface area contributed by atoms with Gasteiger partial charge in [-0.05, 0) is 35.9 Å². The summed E-state index contributed by atoms with van der Waals surface area (Å²) in [7, 11) is 4.64. The monoisotopic (exact) mass is 370 g/mol. The lowest BCUT2D eigenvalue weighted by Crippen LogP contribution is -2.07. The third-order valence-electron chi connectivity index (χ3n) is 3.64. The molecular formula is C19H18N2O4S. The van der Waals surface area contributed by atoms with Gasteiger partial charge in [0, 0.05) is 6.08 Å². The highest BCUT2D eigenvalue weighted by Gasteiger charge is 2.12. The number of methoxy groups -OCH3 is 3. The van der Waals surface area contributed by atoms with Crippen molar-refractivity contribution in [3.8, 4) is 17.2 Å². The number of aromatic nitrogens is 1. The maximum absolute atomic E-state index is 12.2. The number of nitrogens with one attached hydrogen (secondary N) is 1. The van der Waals surface area contributed by atoms with Crippen LogP contribution in [-0.4, -0.2) is 32.2 Å². The van der Waals surface area contributed by atoms with Gasteiger partial charge in [0.1, 0.15) is 0 Å². The molecule has 0 aliphatic rings. The highest BCUT2D eigenvalue weighted by atomic mass is 32.1. The maximum Gasteiger partial charge on any atom is 0.250 e. The first-order chi connectivity index (χ1) is 12.6. The van der Waals surface area contributed by atoms with Gasteiger partial charge < -0.3 is 14.2 Å². The van der Waals surface area contributed by atoms with Gasteiger partial charge in [0.2, 0.25) is 11.7 Å². The van der Waals surface area contributed by atoms with Crippen molar-refractivity contribution >= 4 is 38.7 Å². The molecule has 3 aromatic rings. The molecule has 0 unspecified atom stereocenters. The van der Waals surface area contributed by atoms with Crippen molar-refractivity contribution < 1.29 is 19.0 Å². The van der Waals surface area contributed by atoms with Crippen LogP contribution in [0.15, 0.2) is 42.5 Å². The standard InChI is InChI=1S/C19H18N2O4S/c1-23-14-10-12(11-15(24-2)18(14)25-3)8-9-17(22)21-19-20-13-6-4-5-7-16(13)26-19/h4-11H,1-3H3,(H,20,21,22). The van der Waals surface area contributed by atoms with E-state index in [0.717, 1.165) is 15.8 Å². The molecule has 1 amide bonds. The first-order valence-electron chi connectivity index (χ1n) is 7.79. The van der Waals surface area contributed by atoms with Crippen LogP contribution in [0.2, 0.25) is 0 Å². The number of benzene rings is 2. The van der Waals surface area contributed by atoms with Crippen LogP contribution in [0.3, 0.4) is 0 Å². The molecular weight excluding hydrogens is 352 g/mol. The summed E-state index contributed by atoms with van der Waals surface area (Å²) < 4.78 is 16.9. The average molecular weight is 370 g/mol. The molecule has 0 fully saturated rings. The fourth-order valence-corrected chi connectivity index (χ4v) is 3.31. The normalized spacial score (nSPS) is 10.9. The minimum atomic E-state index is -0.266. The zero-order valence-electron chi connectivity index (χ0n) is 14.6. The minimum absolute atomic E-state index is 0.266. The van der Waals surface area contributed by atoms with E-state index in [2.05, 4.69) is 10.3 Å². The van der Waals surface area contributed by atoms with Gasteiger partial charge in [-0.3, -0.25) is 10.1 Å². The Labute approximate surface area is 155 Å². The fourth-order valence-electron chi connectivity index (χ4n) is 2.44. The summed E-state index contributed by atoms with van der Waals surface area (Å²) in [4.78, 5) is 16.6. The minimum Gasteiger partial charge on any atom is -0.493 e. The number of hydrogen-bond acceptors (Lipinski definition) is 6. The Kier molecular flexibility index (Phi) is 5.38. The molecule has 26 heavy (non-hydrogen) atoms. The van der Waals surface area contributed by atoms with E-state index in [4.69, 9.17) is 14.2 Å². The number of fused-ring (bicyclic) bond motifs is 1. The van der Waals surface area contributed by atoms with Gasteiger partial charge in [-0.1, -0.05) is 23.5 Å². The van der Waals surface area contributed by atoms with Crippen molar-refractivity contribution in [1.82, 2.24) is 4.98 Å². The Morgan fingerprint density at radius 2 is 1.77 bits per heavy atom. The SMILES string of the molecule is COc1cc(C=CC(=O)Nc2nc3ccccc3s2)cc(OC)c1OC. The zero-order chi connectivity index (χ0) is 18.5. The van der Waals surface area contributed by atoms with E-state index in [-0.39, 0.29) is 5.91 Å². The second kappa shape index (κ2) is 7.88. The molecule has 0 aliphatic carbocycles. The van der Waals surface area contributed by atoms with E-state index in [9.17, 15) is 4.79 Å². The Hall–Kier alpha value is -3.06. The van der Waals surface area contributed by atoms with Crippen LogP contribution in [0.25, 0.3) is 16.3 Å². The highest BCUT2D eigenvalue weighted by Crippen LogP contribution is 2.38. The van der Waals surface area contributed by atoms with Crippen LogP contribution in [0.5, 0.6) is 17.2 Å². The van der Waals surface area contributed by atoms with Crippen molar-refractivity contribution in [2.75, 3.05) is 26.6 Å². The Morgan fingerprint density at radius 3 is 2.38 bits per heavy atom. The molecule has 1 aromatic heterocycles. The third-order valence-corrected chi connectivity index (χ3v) is 4.59. The summed E-state index contributed by atoms with van der Waals surface area (Å²) in [6, 6.07) is 11.3. The van der Waals surface area contributed by atoms with E-state index < -0.39 is 0 Å². The zero-order valence-corrected chi connectivity index (χ0v) is 15.4. The number of nitrogens with zero attached hydrogens (tertiary/aromatic N) is 1. The van der Waals surface area contributed by atoms with E-state index in [0.29, 0.717) is 22.4 Å². The summed E-state index contributed by atoms with van der Waals surface area (Å²) in [5, 5.41) is 3.34. The number of hydrogen-bond donors (Lipinski definition) is 1. The van der Waals surface area contributed by atoms with Gasteiger partial charge in [0.05, 0.1) is 31.5 Å². The van der Waals surface area contributed by atoms with Crippen molar-refractivity contribution in [1.29, 1.82) is 0 Å². The molecule has 0 aliphatic heterocycles. The van der Waals surface area contributed by atoms with Gasteiger partial charge in [-0.25, -0.2) is 4.98 Å². The molecule has 0 radical (unpaired) electrons. The van der Waals surface area contributed by atoms with Gasteiger partial charge in [-0.15, -0.1) is 0 Å². The van der Waals surface area contributed by atoms with Crippen LogP contribution in [0, 0.1) is 0 Å². The quantitative estimate of drug-likeness (QED) is 0.665. The van der Waals surface area contributed by atoms with Crippen LogP contribution in [0.4, 0.5) is 5.13 Å². The van der Waals surface area contributed by atoms with E-state index in [1.807, 2.05) is 24.3 Å². The van der Waals surface area contributed by atoms with Crippen molar-refractivity contribution in [2.45, 2.75) is 0 Å². The highest BCUT2D eigenvalue weighted by molar-refractivity contribution is 7.22. The molecule has 3 rings (SSSR count). The summed E-state index contributed by atoms with van der Waals surface area (Å²) in [5.74, 6) is 1.29. The Morgan fingerprint density at radius 1 is 1.08 bits per heavy atom. The summed E-state index contributed by atoms with van der Waals surface area (Å²) in [5.41, 5.74) is 1.61. The van der Waals surface area contributed by atoms with Crippen LogP contribution in [0.1, 0.15) is 5.56 Å². The van der Waals surface area contributed by atoms with E-state index >= 15 is 0 Å². The second-order valence-electron chi connectivity index (χ2n) is 5.27. The summed E-state index contributed by atoms with van der Waals surface area (Å²) >= 11 is 1.43. The first-order valence-corrected chi connectivity index (χ1v) is 8.61. The number of ether oxygens (including phenoxy) is 3. The summed E-state index contributed by atoms with van der Waals surface area (Å²) in [6.07, 6.45) is 3.11. The fraction of sp³-hybridized carbons (Fsp3) is 0.158. The third kappa shape index (κ3) is 3.78. The number of amides is 1. The lowest BCUT2D eigenvalue weighted by atomic mass is 10.1. The van der Waals surface area contributed by atoms with Crippen LogP contribution < -0.4 is 19.5 Å². The van der Waals surface area contributed by atoms with Gasteiger partial charge >= 0.3 is 0 Å². The lowest BCUT2D eigenvalue weighted by molar-refractivity contribution is -0.111. The average Bonchev–Trinajstić information content (AvgIpc) is 3.07. The van der Waals surface area contributed by atoms with Gasteiger partial charge in [0.25, 0.3) is 0 Å². The lowest BCUT2D eigenvalue weighted by Gasteiger charge is -2.12. The second-order valence-corrected chi connectivity index (χ2v) is 6.30. The molecule has 0 saturated heterocycles. The number of thiazole rings is 1. The predicted octanol–water partition coefficient (Wildman–Crippen LogP) is 3.97. The maximum atomic E-state index is 12.2. The Balaban J connectivity index is 1.77.